The number of rotatable bonds is 6. The van der Waals surface area contributed by atoms with Crippen LogP contribution in [0.1, 0.15) is 17.5 Å². The topological polar surface area (TPSA) is 50.4 Å². The van der Waals surface area contributed by atoms with Gasteiger partial charge in [-0.05, 0) is 30.0 Å². The van der Waals surface area contributed by atoms with Crippen LogP contribution >= 0.6 is 0 Å². The highest BCUT2D eigenvalue weighted by Crippen LogP contribution is 2.29. The number of aryl methyl sites for hydroxylation is 1. The first-order chi connectivity index (χ1) is 13.8. The normalized spacial score (nSPS) is 12.5. The molecule has 0 spiro atoms. The fourth-order valence-corrected chi connectivity index (χ4v) is 3.37. The Morgan fingerprint density at radius 1 is 0.857 bits per heavy atom. The summed E-state index contributed by atoms with van der Waals surface area (Å²) in [6.07, 6.45) is 4.08. The summed E-state index contributed by atoms with van der Waals surface area (Å²) in [7, 11) is 0. The van der Waals surface area contributed by atoms with E-state index in [4.69, 9.17) is 4.74 Å². The molecule has 1 aliphatic carbocycles. The van der Waals surface area contributed by atoms with Crippen LogP contribution in [0, 0.1) is 0 Å². The van der Waals surface area contributed by atoms with Crippen molar-refractivity contribution in [2.24, 2.45) is 0 Å². The molecule has 2 N–H and O–H groups in total. The summed E-state index contributed by atoms with van der Waals surface area (Å²) in [5.41, 5.74) is 11.2. The molecule has 4 rings (SSSR count). The molecule has 1 aliphatic rings. The van der Waals surface area contributed by atoms with Gasteiger partial charge in [-0.1, -0.05) is 78.9 Å². The molecule has 1 amide bonds. The smallest absolute Gasteiger partial charge is 0.276 e. The van der Waals surface area contributed by atoms with Crippen LogP contribution in [0.2, 0.25) is 0 Å². The third-order valence-corrected chi connectivity index (χ3v) is 4.74. The molecule has 28 heavy (non-hydrogen) atoms. The van der Waals surface area contributed by atoms with Gasteiger partial charge in [0, 0.05) is 11.1 Å². The average molecular weight is 370 g/mol. The first-order valence-corrected chi connectivity index (χ1v) is 9.42. The predicted molar refractivity (Wildman–Crippen MR) is 111 cm³/mol. The first-order valence-electron chi connectivity index (χ1n) is 9.42. The molecule has 4 nitrogen and oxygen atoms in total. The monoisotopic (exact) mass is 370 g/mol. The van der Waals surface area contributed by atoms with E-state index in [1.807, 2.05) is 66.7 Å². The van der Waals surface area contributed by atoms with Gasteiger partial charge in [0.2, 0.25) is 0 Å². The molecule has 0 aliphatic heterocycles. The van der Waals surface area contributed by atoms with Gasteiger partial charge in [-0.2, -0.15) is 0 Å². The van der Waals surface area contributed by atoms with Gasteiger partial charge in [0.15, 0.2) is 6.61 Å². The van der Waals surface area contributed by atoms with E-state index < -0.39 is 0 Å². The number of carbonyl (C=O) groups excluding carboxylic acids is 1. The lowest BCUT2D eigenvalue weighted by Crippen LogP contribution is -2.39. The second-order valence-electron chi connectivity index (χ2n) is 6.64. The summed E-state index contributed by atoms with van der Waals surface area (Å²) in [5.74, 6) is 0.456. The van der Waals surface area contributed by atoms with Crippen molar-refractivity contribution >= 4 is 11.6 Å². The number of nitrogens with one attached hydrogen (secondary N) is 2. The van der Waals surface area contributed by atoms with Crippen molar-refractivity contribution < 1.29 is 9.53 Å². The van der Waals surface area contributed by atoms with Crippen LogP contribution < -0.4 is 15.6 Å². The Labute approximate surface area is 164 Å². The molecule has 0 unspecified atom stereocenters. The highest BCUT2D eigenvalue weighted by molar-refractivity contribution is 5.80. The molecule has 0 saturated heterocycles. The molecule has 0 aromatic heterocycles. The van der Waals surface area contributed by atoms with Gasteiger partial charge in [0.1, 0.15) is 5.75 Å². The standard InChI is InChI=1S/C24H22N2O2/c27-24(26-25-22-15-8-12-18-11-4-5-13-20(18)22)17-28-23-16-7-6-14-21(23)19-9-2-1-3-10-19/h1-7,9-11,13-16,25H,8,12,17H2,(H,26,27). The quantitative estimate of drug-likeness (QED) is 0.635. The Bertz CT molecular complexity index is 996. The van der Waals surface area contributed by atoms with Crippen molar-refractivity contribution in [3.8, 4) is 16.9 Å². The zero-order chi connectivity index (χ0) is 19.2. The van der Waals surface area contributed by atoms with Crippen molar-refractivity contribution in [1.29, 1.82) is 0 Å². The van der Waals surface area contributed by atoms with Crippen LogP contribution in [0.25, 0.3) is 16.8 Å². The number of fused-ring (bicyclic) bond motifs is 1. The van der Waals surface area contributed by atoms with Gasteiger partial charge in [-0.25, -0.2) is 0 Å². The number of allylic oxidation sites excluding steroid dienone is 1. The maximum Gasteiger partial charge on any atom is 0.276 e. The molecule has 0 fully saturated rings. The third-order valence-electron chi connectivity index (χ3n) is 4.74. The summed E-state index contributed by atoms with van der Waals surface area (Å²) in [4.78, 5) is 12.3. The van der Waals surface area contributed by atoms with E-state index in [1.54, 1.807) is 0 Å². The molecule has 0 bridgehead atoms. The van der Waals surface area contributed by atoms with Crippen LogP contribution in [0.15, 0.2) is 84.9 Å². The molecule has 3 aromatic carbocycles. The summed E-state index contributed by atoms with van der Waals surface area (Å²) in [5, 5.41) is 0. The van der Waals surface area contributed by atoms with Gasteiger partial charge < -0.3 is 4.74 Å². The number of benzene rings is 3. The van der Waals surface area contributed by atoms with Crippen LogP contribution in [-0.4, -0.2) is 12.5 Å². The second-order valence-corrected chi connectivity index (χ2v) is 6.64. The van der Waals surface area contributed by atoms with E-state index in [2.05, 4.69) is 29.1 Å². The Morgan fingerprint density at radius 3 is 2.43 bits per heavy atom. The Kier molecular flexibility index (Phi) is 5.38. The Morgan fingerprint density at radius 2 is 1.57 bits per heavy atom. The Hall–Kier alpha value is -3.53. The number of hydrogen-bond donors (Lipinski definition) is 2. The van der Waals surface area contributed by atoms with Gasteiger partial charge in [-0.3, -0.25) is 15.6 Å². The number of ether oxygens (including phenoxy) is 1. The van der Waals surface area contributed by atoms with Gasteiger partial charge in [0.25, 0.3) is 5.91 Å². The van der Waals surface area contributed by atoms with Crippen LogP contribution in [-0.2, 0) is 11.2 Å². The van der Waals surface area contributed by atoms with E-state index in [9.17, 15) is 4.79 Å². The summed E-state index contributed by atoms with van der Waals surface area (Å²) < 4.78 is 5.79. The molecule has 0 saturated carbocycles. The van der Waals surface area contributed by atoms with E-state index in [1.165, 1.54) is 5.56 Å². The molecule has 0 heterocycles. The van der Waals surface area contributed by atoms with Crippen LogP contribution in [0.3, 0.4) is 0 Å². The number of hydrazine groups is 1. The highest BCUT2D eigenvalue weighted by atomic mass is 16.5. The minimum Gasteiger partial charge on any atom is -0.483 e. The molecule has 4 heteroatoms. The Balaban J connectivity index is 1.37. The zero-order valence-corrected chi connectivity index (χ0v) is 15.5. The molecule has 0 radical (unpaired) electrons. The summed E-state index contributed by atoms with van der Waals surface area (Å²) in [6.45, 7) is -0.0637. The molecule has 0 atom stereocenters. The van der Waals surface area contributed by atoms with Crippen LogP contribution in [0.5, 0.6) is 5.75 Å². The largest absolute Gasteiger partial charge is 0.483 e. The lowest BCUT2D eigenvalue weighted by atomic mass is 9.95. The van der Waals surface area contributed by atoms with E-state index >= 15 is 0 Å². The van der Waals surface area contributed by atoms with Crippen molar-refractivity contribution in [3.05, 3.63) is 96.1 Å². The molecular weight excluding hydrogens is 348 g/mol. The number of carbonyl (C=O) groups is 1. The number of amides is 1. The van der Waals surface area contributed by atoms with E-state index in [0.29, 0.717) is 5.75 Å². The number of para-hydroxylation sites is 1. The van der Waals surface area contributed by atoms with Crippen LogP contribution in [0.4, 0.5) is 0 Å². The van der Waals surface area contributed by atoms with Crippen molar-refractivity contribution in [2.75, 3.05) is 6.61 Å². The fraction of sp³-hybridized carbons (Fsp3) is 0.125. The first kappa shape index (κ1) is 17.9. The lowest BCUT2D eigenvalue weighted by molar-refractivity contribution is -0.123. The van der Waals surface area contributed by atoms with Gasteiger partial charge >= 0.3 is 0 Å². The number of hydrogen-bond acceptors (Lipinski definition) is 3. The lowest BCUT2D eigenvalue weighted by Gasteiger charge is -2.19. The molecular formula is C24H22N2O2. The molecule has 140 valence electrons. The third kappa shape index (κ3) is 4.07. The van der Waals surface area contributed by atoms with E-state index in [0.717, 1.165) is 35.2 Å². The fourth-order valence-electron chi connectivity index (χ4n) is 3.37. The maximum absolute atomic E-state index is 12.3. The van der Waals surface area contributed by atoms with Crippen molar-refractivity contribution in [2.45, 2.75) is 12.8 Å². The summed E-state index contributed by atoms with van der Waals surface area (Å²) >= 11 is 0. The van der Waals surface area contributed by atoms with Gasteiger partial charge in [-0.15, -0.1) is 0 Å². The average Bonchev–Trinajstić information content (AvgIpc) is 2.77. The predicted octanol–water partition coefficient (Wildman–Crippen LogP) is 4.34. The zero-order valence-electron chi connectivity index (χ0n) is 15.5. The summed E-state index contributed by atoms with van der Waals surface area (Å²) in [6, 6.07) is 26.0. The highest BCUT2D eigenvalue weighted by Gasteiger charge is 2.13. The van der Waals surface area contributed by atoms with Crippen molar-refractivity contribution in [1.82, 2.24) is 10.9 Å². The van der Waals surface area contributed by atoms with Crippen molar-refractivity contribution in [3.63, 3.8) is 0 Å². The minimum atomic E-state index is -0.230. The van der Waals surface area contributed by atoms with Gasteiger partial charge in [0.05, 0.1) is 5.70 Å². The SMILES string of the molecule is O=C(COc1ccccc1-c1ccccc1)NNC1=CCCc2ccccc21. The second kappa shape index (κ2) is 8.44. The van der Waals surface area contributed by atoms with E-state index in [-0.39, 0.29) is 12.5 Å². The maximum atomic E-state index is 12.3. The molecule has 3 aromatic rings. The minimum absolute atomic E-state index is 0.0637.